The van der Waals surface area contributed by atoms with Crippen molar-refractivity contribution in [2.45, 2.75) is 30.2 Å². The van der Waals surface area contributed by atoms with E-state index < -0.39 is 10.0 Å². The summed E-state index contributed by atoms with van der Waals surface area (Å²) in [6.45, 7) is 0.673. The van der Waals surface area contributed by atoms with Crippen LogP contribution in [0.15, 0.2) is 35.5 Å². The molecule has 140 valence electrons. The van der Waals surface area contributed by atoms with Gasteiger partial charge in [0.15, 0.2) is 5.82 Å². The van der Waals surface area contributed by atoms with Crippen LogP contribution in [0.5, 0.6) is 0 Å². The third-order valence-corrected chi connectivity index (χ3v) is 6.10. The first-order valence-electron chi connectivity index (χ1n) is 8.27. The Morgan fingerprint density at radius 3 is 2.73 bits per heavy atom. The highest BCUT2D eigenvalue weighted by molar-refractivity contribution is 7.89. The van der Waals surface area contributed by atoms with Gasteiger partial charge in [0.25, 0.3) is 0 Å². The lowest BCUT2D eigenvalue weighted by Gasteiger charge is -2.24. The first-order chi connectivity index (χ1) is 12.4. The maximum absolute atomic E-state index is 12.5. The Morgan fingerprint density at radius 2 is 2.08 bits per heavy atom. The predicted octanol–water partition coefficient (Wildman–Crippen LogP) is 1.50. The second kappa shape index (κ2) is 7.73. The number of aryl methyl sites for hydroxylation is 1. The first-order valence-corrected chi connectivity index (χ1v) is 10.1. The van der Waals surface area contributed by atoms with Crippen LogP contribution in [-0.4, -0.2) is 47.1 Å². The van der Waals surface area contributed by atoms with E-state index in [1.807, 2.05) is 7.05 Å². The van der Waals surface area contributed by atoms with Crippen molar-refractivity contribution in [2.75, 3.05) is 13.1 Å². The molecule has 0 spiro atoms. The zero-order valence-corrected chi connectivity index (χ0v) is 15.9. The van der Waals surface area contributed by atoms with E-state index in [2.05, 4.69) is 14.9 Å². The zero-order valence-electron chi connectivity index (χ0n) is 14.3. The standard InChI is InChI=1S/C16H20ClN5O3S/c1-21-11-18-20-16(21)14-3-2-10-22(14)15(23)8-9-19-26(24,25)13-6-4-12(17)5-7-13/h4-7,11,14,19H,2-3,8-10H2,1H3/t14-/m0/s1. The normalized spacial score (nSPS) is 17.6. The lowest BCUT2D eigenvalue weighted by molar-refractivity contribution is -0.132. The molecule has 2 heterocycles. The number of amides is 1. The molecule has 0 saturated carbocycles. The van der Waals surface area contributed by atoms with Crippen LogP contribution in [0.2, 0.25) is 5.02 Å². The number of nitrogens with one attached hydrogen (secondary N) is 1. The quantitative estimate of drug-likeness (QED) is 0.796. The summed E-state index contributed by atoms with van der Waals surface area (Å²) in [5, 5.41) is 8.42. The smallest absolute Gasteiger partial charge is 0.240 e. The third kappa shape index (κ3) is 4.05. The summed E-state index contributed by atoms with van der Waals surface area (Å²) in [5.41, 5.74) is 0. The molecule has 8 nitrogen and oxygen atoms in total. The second-order valence-corrected chi connectivity index (χ2v) is 8.35. The molecule has 1 saturated heterocycles. The Labute approximate surface area is 157 Å². The van der Waals surface area contributed by atoms with E-state index in [9.17, 15) is 13.2 Å². The largest absolute Gasteiger partial charge is 0.332 e. The summed E-state index contributed by atoms with van der Waals surface area (Å²) < 4.78 is 28.7. The molecule has 1 aliphatic heterocycles. The van der Waals surface area contributed by atoms with Crippen molar-refractivity contribution < 1.29 is 13.2 Å². The molecule has 1 fully saturated rings. The maximum atomic E-state index is 12.5. The molecule has 0 unspecified atom stereocenters. The van der Waals surface area contributed by atoms with Gasteiger partial charge in [-0.25, -0.2) is 13.1 Å². The molecule has 10 heteroatoms. The van der Waals surface area contributed by atoms with Gasteiger partial charge in [0.2, 0.25) is 15.9 Å². The van der Waals surface area contributed by atoms with Gasteiger partial charge in [-0.05, 0) is 37.1 Å². The van der Waals surface area contributed by atoms with Gasteiger partial charge in [-0.2, -0.15) is 0 Å². The van der Waals surface area contributed by atoms with Gasteiger partial charge in [0.05, 0.1) is 10.9 Å². The second-order valence-electron chi connectivity index (χ2n) is 6.15. The van der Waals surface area contributed by atoms with Crippen LogP contribution in [0.25, 0.3) is 0 Å². The van der Waals surface area contributed by atoms with Gasteiger partial charge < -0.3 is 9.47 Å². The van der Waals surface area contributed by atoms with Crippen molar-refractivity contribution in [3.8, 4) is 0 Å². The number of benzene rings is 1. The fourth-order valence-corrected chi connectivity index (χ4v) is 4.22. The molecule has 1 aromatic carbocycles. The number of likely N-dealkylation sites (tertiary alicyclic amines) is 1. The highest BCUT2D eigenvalue weighted by atomic mass is 35.5. The van der Waals surface area contributed by atoms with Crippen LogP contribution in [0.1, 0.15) is 31.1 Å². The van der Waals surface area contributed by atoms with E-state index in [1.54, 1.807) is 15.8 Å². The summed E-state index contributed by atoms with van der Waals surface area (Å²) in [7, 11) is -1.82. The number of sulfonamides is 1. The Bertz CT molecular complexity index is 882. The number of carbonyl (C=O) groups excluding carboxylic acids is 1. The Kier molecular flexibility index (Phi) is 5.59. The van der Waals surface area contributed by atoms with E-state index in [1.165, 1.54) is 24.3 Å². The summed E-state index contributed by atoms with van der Waals surface area (Å²) in [6.07, 6.45) is 3.41. The van der Waals surface area contributed by atoms with Crippen molar-refractivity contribution in [3.05, 3.63) is 41.4 Å². The number of rotatable bonds is 6. The molecule has 2 aromatic rings. The van der Waals surface area contributed by atoms with Crippen molar-refractivity contribution >= 4 is 27.5 Å². The van der Waals surface area contributed by atoms with E-state index in [-0.39, 0.29) is 29.8 Å². The van der Waals surface area contributed by atoms with Crippen LogP contribution < -0.4 is 4.72 Å². The molecule has 26 heavy (non-hydrogen) atoms. The van der Waals surface area contributed by atoms with Crippen LogP contribution in [0.4, 0.5) is 0 Å². The lowest BCUT2D eigenvalue weighted by atomic mass is 10.2. The molecule has 0 aliphatic carbocycles. The Balaban J connectivity index is 1.58. The molecule has 1 amide bonds. The predicted molar refractivity (Wildman–Crippen MR) is 95.9 cm³/mol. The summed E-state index contributed by atoms with van der Waals surface area (Å²) >= 11 is 5.77. The molecular weight excluding hydrogens is 378 g/mol. The maximum Gasteiger partial charge on any atom is 0.240 e. The van der Waals surface area contributed by atoms with Crippen molar-refractivity contribution in [1.29, 1.82) is 0 Å². The van der Waals surface area contributed by atoms with E-state index in [0.717, 1.165) is 18.7 Å². The SMILES string of the molecule is Cn1cnnc1[C@@H]1CCCN1C(=O)CCNS(=O)(=O)c1ccc(Cl)cc1. The number of hydrogen-bond acceptors (Lipinski definition) is 5. The minimum absolute atomic E-state index is 0.0336. The summed E-state index contributed by atoms with van der Waals surface area (Å²) in [5.74, 6) is 0.645. The third-order valence-electron chi connectivity index (χ3n) is 4.37. The molecule has 1 aromatic heterocycles. The van der Waals surface area contributed by atoms with Gasteiger partial charge in [-0.3, -0.25) is 4.79 Å². The fourth-order valence-electron chi connectivity index (χ4n) is 3.06. The Morgan fingerprint density at radius 1 is 1.35 bits per heavy atom. The average Bonchev–Trinajstić information content (AvgIpc) is 3.23. The number of carbonyl (C=O) groups is 1. The number of hydrogen-bond donors (Lipinski definition) is 1. The van der Waals surface area contributed by atoms with Crippen LogP contribution >= 0.6 is 11.6 Å². The minimum atomic E-state index is -3.67. The molecule has 1 N–H and O–H groups in total. The van der Waals surface area contributed by atoms with Crippen molar-refractivity contribution in [1.82, 2.24) is 24.4 Å². The molecule has 3 rings (SSSR count). The van der Waals surface area contributed by atoms with Gasteiger partial charge in [0.1, 0.15) is 6.33 Å². The molecular formula is C16H20ClN5O3S. The first kappa shape index (κ1) is 18.8. The van der Waals surface area contributed by atoms with Gasteiger partial charge in [-0.15, -0.1) is 10.2 Å². The van der Waals surface area contributed by atoms with Gasteiger partial charge in [0, 0.05) is 31.6 Å². The number of halogens is 1. The van der Waals surface area contributed by atoms with E-state index in [4.69, 9.17) is 11.6 Å². The van der Waals surface area contributed by atoms with E-state index in [0.29, 0.717) is 11.6 Å². The molecule has 0 bridgehead atoms. The summed E-state index contributed by atoms with van der Waals surface area (Å²) in [4.78, 5) is 14.4. The van der Waals surface area contributed by atoms with Crippen LogP contribution in [-0.2, 0) is 21.9 Å². The van der Waals surface area contributed by atoms with Crippen LogP contribution in [0.3, 0.4) is 0 Å². The highest BCUT2D eigenvalue weighted by Gasteiger charge is 2.32. The lowest BCUT2D eigenvalue weighted by Crippen LogP contribution is -2.35. The van der Waals surface area contributed by atoms with Crippen molar-refractivity contribution in [3.63, 3.8) is 0 Å². The highest BCUT2D eigenvalue weighted by Crippen LogP contribution is 2.30. The monoisotopic (exact) mass is 397 g/mol. The minimum Gasteiger partial charge on any atom is -0.332 e. The topological polar surface area (TPSA) is 97.2 Å². The fraction of sp³-hybridized carbons (Fsp3) is 0.438. The number of nitrogens with zero attached hydrogens (tertiary/aromatic N) is 4. The zero-order chi connectivity index (χ0) is 18.7. The molecule has 0 radical (unpaired) electrons. The number of aromatic nitrogens is 3. The van der Waals surface area contributed by atoms with E-state index >= 15 is 0 Å². The van der Waals surface area contributed by atoms with Crippen LogP contribution in [0, 0.1) is 0 Å². The van der Waals surface area contributed by atoms with Gasteiger partial charge in [-0.1, -0.05) is 11.6 Å². The average molecular weight is 398 g/mol. The molecule has 1 aliphatic rings. The van der Waals surface area contributed by atoms with Crippen molar-refractivity contribution in [2.24, 2.45) is 7.05 Å². The Hall–Kier alpha value is -1.97. The summed E-state index contributed by atoms with van der Waals surface area (Å²) in [6, 6.07) is 5.77. The molecule has 1 atom stereocenters. The van der Waals surface area contributed by atoms with Gasteiger partial charge >= 0.3 is 0 Å².